The molecule has 1 fully saturated rings. The Morgan fingerprint density at radius 1 is 1.13 bits per heavy atom. The minimum Gasteiger partial charge on any atom is -0.383 e. The van der Waals surface area contributed by atoms with Gasteiger partial charge in [-0.05, 0) is 43.7 Å². The van der Waals surface area contributed by atoms with Crippen molar-refractivity contribution in [1.29, 1.82) is 0 Å². The summed E-state index contributed by atoms with van der Waals surface area (Å²) in [7, 11) is -2.27. The number of anilines is 2. The molecule has 168 valence electrons. The minimum absolute atomic E-state index is 0.222. The fourth-order valence-electron chi connectivity index (χ4n) is 3.61. The molecule has 0 radical (unpaired) electrons. The van der Waals surface area contributed by atoms with Crippen molar-refractivity contribution in [3.8, 4) is 0 Å². The lowest BCUT2D eigenvalue weighted by molar-refractivity contribution is 0.0937. The fourth-order valence-corrected chi connectivity index (χ4v) is 4.90. The summed E-state index contributed by atoms with van der Waals surface area (Å²) in [5.74, 6) is -0.282. The molecule has 9 heteroatoms. The van der Waals surface area contributed by atoms with E-state index in [-0.39, 0.29) is 10.8 Å². The lowest BCUT2D eigenvalue weighted by atomic mass is 10.1. The zero-order chi connectivity index (χ0) is 22.4. The topological polar surface area (TPSA) is 99.8 Å². The van der Waals surface area contributed by atoms with Gasteiger partial charge in [-0.1, -0.05) is 17.7 Å². The number of carbonyl (C=O) groups excluding carboxylic acids is 1. The van der Waals surface area contributed by atoms with Crippen LogP contribution in [0.15, 0.2) is 41.3 Å². The number of nitrogens with one attached hydrogen (secondary N) is 3. The molecule has 1 aliphatic heterocycles. The quantitative estimate of drug-likeness (QED) is 0.536. The van der Waals surface area contributed by atoms with Crippen molar-refractivity contribution < 1.29 is 17.9 Å². The Morgan fingerprint density at radius 3 is 2.55 bits per heavy atom. The number of methoxy groups -OCH3 is 1. The molecule has 8 nitrogen and oxygen atoms in total. The molecule has 31 heavy (non-hydrogen) atoms. The molecule has 1 amide bonds. The predicted octanol–water partition coefficient (Wildman–Crippen LogP) is 1.89. The first-order valence-electron chi connectivity index (χ1n) is 10.3. The maximum atomic E-state index is 13.2. The van der Waals surface area contributed by atoms with Gasteiger partial charge in [-0.2, -0.15) is 0 Å². The summed E-state index contributed by atoms with van der Waals surface area (Å²) in [6, 6.07) is 10.3. The molecular formula is C22H30N4O4S. The highest BCUT2D eigenvalue weighted by atomic mass is 32.2. The van der Waals surface area contributed by atoms with Crippen LogP contribution >= 0.6 is 0 Å². The van der Waals surface area contributed by atoms with E-state index in [0.29, 0.717) is 30.0 Å². The average molecular weight is 447 g/mol. The summed E-state index contributed by atoms with van der Waals surface area (Å²) >= 11 is 0. The number of piperazine rings is 1. The average Bonchev–Trinajstić information content (AvgIpc) is 2.74. The standard InChI is InChI=1S/C22H30N4O4S/c1-16-4-7-21(17(2)14-16)31(28,29)25-19-15-18(22(27)24-10-13-30-3)5-6-20(19)26-11-8-23-9-12-26/h4-7,14-15,23,25H,8-13H2,1-3H3,(H,24,27). The Balaban J connectivity index is 1.96. The molecule has 1 saturated heterocycles. The molecular weight excluding hydrogens is 416 g/mol. The number of nitrogens with zero attached hydrogens (tertiary/aromatic N) is 1. The molecule has 0 saturated carbocycles. The van der Waals surface area contributed by atoms with E-state index in [9.17, 15) is 13.2 Å². The van der Waals surface area contributed by atoms with Crippen LogP contribution in [0.1, 0.15) is 21.5 Å². The zero-order valence-electron chi connectivity index (χ0n) is 18.2. The van der Waals surface area contributed by atoms with Gasteiger partial charge in [-0.15, -0.1) is 0 Å². The van der Waals surface area contributed by atoms with E-state index in [1.165, 1.54) is 0 Å². The van der Waals surface area contributed by atoms with Gasteiger partial charge in [0.25, 0.3) is 15.9 Å². The molecule has 0 unspecified atom stereocenters. The number of rotatable bonds is 8. The largest absolute Gasteiger partial charge is 0.383 e. The first kappa shape index (κ1) is 23.1. The molecule has 1 aliphatic rings. The van der Waals surface area contributed by atoms with Crippen LogP contribution in [0, 0.1) is 13.8 Å². The van der Waals surface area contributed by atoms with Crippen molar-refractivity contribution in [2.24, 2.45) is 0 Å². The van der Waals surface area contributed by atoms with Crippen molar-refractivity contribution in [3.05, 3.63) is 53.1 Å². The van der Waals surface area contributed by atoms with E-state index in [1.807, 2.05) is 13.0 Å². The van der Waals surface area contributed by atoms with Gasteiger partial charge in [0.1, 0.15) is 0 Å². The van der Waals surface area contributed by atoms with Gasteiger partial charge >= 0.3 is 0 Å². The minimum atomic E-state index is -3.83. The number of hydrogen-bond acceptors (Lipinski definition) is 6. The van der Waals surface area contributed by atoms with Gasteiger partial charge in [-0.3, -0.25) is 9.52 Å². The summed E-state index contributed by atoms with van der Waals surface area (Å²) in [6.45, 7) is 7.58. The summed E-state index contributed by atoms with van der Waals surface area (Å²) in [4.78, 5) is 14.9. The van der Waals surface area contributed by atoms with Crippen LogP contribution < -0.4 is 20.3 Å². The highest BCUT2D eigenvalue weighted by Gasteiger charge is 2.22. The number of amides is 1. The van der Waals surface area contributed by atoms with Crippen LogP contribution in [-0.2, 0) is 14.8 Å². The second-order valence-corrected chi connectivity index (χ2v) is 9.24. The van der Waals surface area contributed by atoms with Gasteiger partial charge in [0.15, 0.2) is 0 Å². The van der Waals surface area contributed by atoms with E-state index in [4.69, 9.17) is 4.74 Å². The maximum Gasteiger partial charge on any atom is 0.262 e. The summed E-state index contributed by atoms with van der Waals surface area (Å²) < 4.78 is 34.1. The van der Waals surface area contributed by atoms with Crippen LogP contribution in [0.2, 0.25) is 0 Å². The van der Waals surface area contributed by atoms with E-state index in [2.05, 4.69) is 20.3 Å². The Kier molecular flexibility index (Phi) is 7.53. The van der Waals surface area contributed by atoms with Crippen molar-refractivity contribution in [3.63, 3.8) is 0 Å². The number of benzene rings is 2. The maximum absolute atomic E-state index is 13.2. The molecule has 0 atom stereocenters. The van der Waals surface area contributed by atoms with Gasteiger partial charge < -0.3 is 20.3 Å². The van der Waals surface area contributed by atoms with Gasteiger partial charge in [0.2, 0.25) is 0 Å². The van der Waals surface area contributed by atoms with Gasteiger partial charge in [0, 0.05) is 45.4 Å². The van der Waals surface area contributed by atoms with Crippen molar-refractivity contribution >= 4 is 27.3 Å². The van der Waals surface area contributed by atoms with Crippen LogP contribution in [0.3, 0.4) is 0 Å². The van der Waals surface area contributed by atoms with Crippen molar-refractivity contribution in [1.82, 2.24) is 10.6 Å². The van der Waals surface area contributed by atoms with E-state index in [1.54, 1.807) is 44.4 Å². The molecule has 2 aromatic carbocycles. The second kappa shape index (κ2) is 10.1. The molecule has 0 aliphatic carbocycles. The lowest BCUT2D eigenvalue weighted by Crippen LogP contribution is -2.43. The smallest absolute Gasteiger partial charge is 0.262 e. The lowest BCUT2D eigenvalue weighted by Gasteiger charge is -2.31. The number of hydrogen-bond donors (Lipinski definition) is 3. The van der Waals surface area contributed by atoms with Crippen LogP contribution in [0.5, 0.6) is 0 Å². The summed E-state index contributed by atoms with van der Waals surface area (Å²) in [5.41, 5.74) is 3.19. The summed E-state index contributed by atoms with van der Waals surface area (Å²) in [5, 5.41) is 6.06. The highest BCUT2D eigenvalue weighted by Crippen LogP contribution is 2.30. The Bertz CT molecular complexity index is 1030. The van der Waals surface area contributed by atoms with E-state index < -0.39 is 10.0 Å². The number of ether oxygens (including phenoxy) is 1. The van der Waals surface area contributed by atoms with Crippen LogP contribution in [-0.4, -0.2) is 60.8 Å². The number of aryl methyl sites for hydroxylation is 2. The van der Waals surface area contributed by atoms with Crippen LogP contribution in [0.25, 0.3) is 0 Å². The van der Waals surface area contributed by atoms with Crippen molar-refractivity contribution in [2.75, 3.05) is 56.1 Å². The van der Waals surface area contributed by atoms with E-state index >= 15 is 0 Å². The third kappa shape index (κ3) is 5.75. The molecule has 1 heterocycles. The molecule has 0 aromatic heterocycles. The summed E-state index contributed by atoms with van der Waals surface area (Å²) in [6.07, 6.45) is 0. The number of sulfonamides is 1. The Labute approximate surface area is 184 Å². The molecule has 2 aromatic rings. The zero-order valence-corrected chi connectivity index (χ0v) is 19.0. The third-order valence-corrected chi connectivity index (χ3v) is 6.70. The Hall–Kier alpha value is -2.62. The Morgan fingerprint density at radius 2 is 1.87 bits per heavy atom. The first-order chi connectivity index (χ1) is 14.8. The normalized spacial score (nSPS) is 14.4. The number of carbonyl (C=O) groups is 1. The van der Waals surface area contributed by atoms with Gasteiger partial charge in [0.05, 0.1) is 22.9 Å². The monoisotopic (exact) mass is 446 g/mol. The molecule has 3 N–H and O–H groups in total. The SMILES string of the molecule is COCCNC(=O)c1ccc(N2CCNCC2)c(NS(=O)(=O)c2ccc(C)cc2C)c1. The van der Waals surface area contributed by atoms with Crippen LogP contribution in [0.4, 0.5) is 11.4 Å². The third-order valence-electron chi connectivity index (χ3n) is 5.17. The molecule has 0 spiro atoms. The fraction of sp³-hybridized carbons (Fsp3) is 0.409. The highest BCUT2D eigenvalue weighted by molar-refractivity contribution is 7.92. The molecule has 3 rings (SSSR count). The van der Waals surface area contributed by atoms with E-state index in [0.717, 1.165) is 37.4 Å². The second-order valence-electron chi connectivity index (χ2n) is 7.59. The van der Waals surface area contributed by atoms with Crippen molar-refractivity contribution in [2.45, 2.75) is 18.7 Å². The molecule has 0 bridgehead atoms. The first-order valence-corrected chi connectivity index (χ1v) is 11.8. The predicted molar refractivity (Wildman–Crippen MR) is 122 cm³/mol. The van der Waals surface area contributed by atoms with Gasteiger partial charge in [-0.25, -0.2) is 8.42 Å².